The Morgan fingerprint density at radius 3 is 2.58 bits per heavy atom. The van der Waals surface area contributed by atoms with Gasteiger partial charge in [-0.25, -0.2) is 5.43 Å². The summed E-state index contributed by atoms with van der Waals surface area (Å²) in [5, 5.41) is 2.02. The van der Waals surface area contributed by atoms with E-state index in [1.807, 2.05) is 29.6 Å². The van der Waals surface area contributed by atoms with Crippen molar-refractivity contribution in [2.45, 2.75) is 6.04 Å². The predicted molar refractivity (Wildman–Crippen MR) is 80.7 cm³/mol. The quantitative estimate of drug-likeness (QED) is 0.647. The summed E-state index contributed by atoms with van der Waals surface area (Å²) in [7, 11) is 3.25. The van der Waals surface area contributed by atoms with E-state index in [-0.39, 0.29) is 6.04 Å². The van der Waals surface area contributed by atoms with Crippen LogP contribution in [0.25, 0.3) is 0 Å². The molecule has 2 rings (SSSR count). The molecule has 1 aromatic heterocycles. The van der Waals surface area contributed by atoms with Crippen molar-refractivity contribution in [2.75, 3.05) is 14.2 Å². The van der Waals surface area contributed by atoms with E-state index in [1.165, 1.54) is 0 Å². The zero-order chi connectivity index (χ0) is 13.8. The Morgan fingerprint density at radius 2 is 2.05 bits per heavy atom. The number of nitrogens with one attached hydrogen (secondary N) is 1. The average molecular weight is 343 g/mol. The van der Waals surface area contributed by atoms with E-state index < -0.39 is 0 Å². The molecule has 0 fully saturated rings. The van der Waals surface area contributed by atoms with Crippen LogP contribution in [0.1, 0.15) is 16.5 Å². The van der Waals surface area contributed by atoms with Gasteiger partial charge in [0.25, 0.3) is 0 Å². The molecule has 19 heavy (non-hydrogen) atoms. The zero-order valence-electron chi connectivity index (χ0n) is 10.6. The standard InChI is InChI=1S/C13H15BrN2O2S/c1-17-9-6-5-8(13(18-2)11(9)14)12(16-15)10-4-3-7-19-10/h3-7,12,16H,15H2,1-2H3. The van der Waals surface area contributed by atoms with Crippen LogP contribution in [0.4, 0.5) is 0 Å². The fourth-order valence-corrected chi connectivity index (χ4v) is 3.41. The molecule has 6 heteroatoms. The highest BCUT2D eigenvalue weighted by atomic mass is 79.9. The number of benzene rings is 1. The predicted octanol–water partition coefficient (Wildman–Crippen LogP) is 3.08. The number of thiophene rings is 1. The molecule has 4 nitrogen and oxygen atoms in total. The Hall–Kier alpha value is -1.08. The molecule has 1 heterocycles. The molecule has 2 aromatic rings. The normalized spacial score (nSPS) is 12.2. The largest absolute Gasteiger partial charge is 0.495 e. The minimum absolute atomic E-state index is 0.114. The first-order valence-electron chi connectivity index (χ1n) is 5.62. The number of hydrogen-bond acceptors (Lipinski definition) is 5. The molecule has 0 bridgehead atoms. The van der Waals surface area contributed by atoms with E-state index in [0.29, 0.717) is 0 Å². The van der Waals surface area contributed by atoms with Crippen LogP contribution in [0.5, 0.6) is 11.5 Å². The lowest BCUT2D eigenvalue weighted by Gasteiger charge is -2.20. The minimum Gasteiger partial charge on any atom is -0.495 e. The summed E-state index contributed by atoms with van der Waals surface area (Å²) in [6.45, 7) is 0. The van der Waals surface area contributed by atoms with Gasteiger partial charge in [-0.2, -0.15) is 0 Å². The highest BCUT2D eigenvalue weighted by Crippen LogP contribution is 2.41. The molecule has 1 aromatic carbocycles. The van der Waals surface area contributed by atoms with Crippen molar-refractivity contribution in [3.05, 3.63) is 44.6 Å². The van der Waals surface area contributed by atoms with Crippen LogP contribution in [0.15, 0.2) is 34.1 Å². The average Bonchev–Trinajstić information content (AvgIpc) is 2.94. The van der Waals surface area contributed by atoms with E-state index in [9.17, 15) is 0 Å². The van der Waals surface area contributed by atoms with Gasteiger partial charge in [0, 0.05) is 10.4 Å². The number of nitrogens with two attached hydrogens (primary N) is 1. The van der Waals surface area contributed by atoms with E-state index in [4.69, 9.17) is 15.3 Å². The van der Waals surface area contributed by atoms with Gasteiger partial charge in [-0.1, -0.05) is 6.07 Å². The highest BCUT2D eigenvalue weighted by molar-refractivity contribution is 9.10. The molecular weight excluding hydrogens is 328 g/mol. The van der Waals surface area contributed by atoms with Gasteiger partial charge < -0.3 is 9.47 Å². The van der Waals surface area contributed by atoms with Crippen LogP contribution >= 0.6 is 27.3 Å². The molecule has 0 saturated heterocycles. The second-order valence-corrected chi connectivity index (χ2v) is 5.59. The first-order chi connectivity index (χ1) is 9.22. The molecule has 102 valence electrons. The van der Waals surface area contributed by atoms with E-state index >= 15 is 0 Å². The summed E-state index contributed by atoms with van der Waals surface area (Å²) < 4.78 is 11.5. The number of methoxy groups -OCH3 is 2. The maximum atomic E-state index is 5.69. The first kappa shape index (κ1) is 14.3. The molecule has 1 atom stereocenters. The van der Waals surface area contributed by atoms with Gasteiger partial charge in [0.05, 0.1) is 20.3 Å². The number of hydrazine groups is 1. The summed E-state index contributed by atoms with van der Waals surface area (Å²) in [5.41, 5.74) is 3.79. The van der Waals surface area contributed by atoms with Gasteiger partial charge in [-0.05, 0) is 39.5 Å². The van der Waals surface area contributed by atoms with Gasteiger partial charge >= 0.3 is 0 Å². The van der Waals surface area contributed by atoms with Crippen molar-refractivity contribution >= 4 is 27.3 Å². The number of rotatable bonds is 5. The van der Waals surface area contributed by atoms with Crippen LogP contribution < -0.4 is 20.7 Å². The summed E-state index contributed by atoms with van der Waals surface area (Å²) in [6, 6.07) is 7.76. The van der Waals surface area contributed by atoms with Gasteiger partial charge in [0.1, 0.15) is 16.0 Å². The second kappa shape index (κ2) is 6.38. The Bertz CT molecular complexity index is 546. The maximum absolute atomic E-state index is 5.69. The fourth-order valence-electron chi connectivity index (χ4n) is 1.93. The maximum Gasteiger partial charge on any atom is 0.142 e. The van der Waals surface area contributed by atoms with Crippen LogP contribution in [0, 0.1) is 0 Å². The summed E-state index contributed by atoms with van der Waals surface area (Å²) >= 11 is 5.14. The van der Waals surface area contributed by atoms with Crippen molar-refractivity contribution in [3.63, 3.8) is 0 Å². The third kappa shape index (κ3) is 2.76. The van der Waals surface area contributed by atoms with Crippen LogP contribution in [0.3, 0.4) is 0 Å². The third-order valence-electron chi connectivity index (χ3n) is 2.82. The molecule has 0 spiro atoms. The molecular formula is C13H15BrN2O2S. The van der Waals surface area contributed by atoms with Gasteiger partial charge in [0.2, 0.25) is 0 Å². The van der Waals surface area contributed by atoms with Gasteiger partial charge in [-0.3, -0.25) is 5.84 Å². The molecule has 0 saturated carbocycles. The molecule has 0 aliphatic rings. The Kier molecular flexibility index (Phi) is 4.81. The second-order valence-electron chi connectivity index (χ2n) is 3.82. The van der Waals surface area contributed by atoms with Crippen LogP contribution in [-0.4, -0.2) is 14.2 Å². The van der Waals surface area contributed by atoms with Crippen molar-refractivity contribution in [2.24, 2.45) is 5.84 Å². The van der Waals surface area contributed by atoms with Gasteiger partial charge in [-0.15, -0.1) is 11.3 Å². The first-order valence-corrected chi connectivity index (χ1v) is 7.30. The minimum atomic E-state index is -0.114. The number of ether oxygens (including phenoxy) is 2. The number of hydrogen-bond donors (Lipinski definition) is 2. The molecule has 0 aliphatic heterocycles. The molecule has 0 radical (unpaired) electrons. The topological polar surface area (TPSA) is 56.5 Å². The summed E-state index contributed by atoms with van der Waals surface area (Å²) in [6.07, 6.45) is 0. The lowest BCUT2D eigenvalue weighted by molar-refractivity contribution is 0.383. The summed E-state index contributed by atoms with van der Waals surface area (Å²) in [4.78, 5) is 1.12. The molecule has 1 unspecified atom stereocenters. The number of halogens is 1. The van der Waals surface area contributed by atoms with Crippen molar-refractivity contribution in [1.82, 2.24) is 5.43 Å². The van der Waals surface area contributed by atoms with Crippen molar-refractivity contribution in [1.29, 1.82) is 0 Å². The Morgan fingerprint density at radius 1 is 1.26 bits per heavy atom. The Balaban J connectivity index is 2.52. The highest BCUT2D eigenvalue weighted by Gasteiger charge is 2.21. The lowest BCUT2D eigenvalue weighted by atomic mass is 10.0. The third-order valence-corrected chi connectivity index (χ3v) is 4.51. The van der Waals surface area contributed by atoms with Crippen molar-refractivity contribution in [3.8, 4) is 11.5 Å². The van der Waals surface area contributed by atoms with Gasteiger partial charge in [0.15, 0.2) is 0 Å². The fraction of sp³-hybridized carbons (Fsp3) is 0.231. The summed E-state index contributed by atoms with van der Waals surface area (Å²) in [5.74, 6) is 7.14. The Labute approximate surface area is 124 Å². The molecule has 0 aliphatic carbocycles. The molecule has 0 amide bonds. The van der Waals surface area contributed by atoms with E-state index in [2.05, 4.69) is 21.4 Å². The zero-order valence-corrected chi connectivity index (χ0v) is 13.0. The van der Waals surface area contributed by atoms with E-state index in [1.54, 1.807) is 25.6 Å². The SMILES string of the molecule is COc1ccc(C(NN)c2cccs2)c(OC)c1Br. The van der Waals surface area contributed by atoms with E-state index in [0.717, 1.165) is 26.4 Å². The lowest BCUT2D eigenvalue weighted by Crippen LogP contribution is -2.28. The smallest absolute Gasteiger partial charge is 0.142 e. The van der Waals surface area contributed by atoms with Crippen LogP contribution in [0.2, 0.25) is 0 Å². The monoisotopic (exact) mass is 342 g/mol. The van der Waals surface area contributed by atoms with Crippen LogP contribution in [-0.2, 0) is 0 Å². The molecule has 3 N–H and O–H groups in total. The van der Waals surface area contributed by atoms with Crippen molar-refractivity contribution < 1.29 is 9.47 Å².